The molecule has 9 nitrogen and oxygen atoms in total. The topological polar surface area (TPSA) is 143 Å². The van der Waals surface area contributed by atoms with Crippen molar-refractivity contribution in [3.8, 4) is 22.1 Å². The summed E-state index contributed by atoms with van der Waals surface area (Å²) in [4.78, 5) is 15.4. The number of ether oxygens (including phenoxy) is 1. The molecule has 0 saturated heterocycles. The Hall–Kier alpha value is -3.54. The lowest BCUT2D eigenvalue weighted by atomic mass is 9.79. The van der Waals surface area contributed by atoms with Crippen molar-refractivity contribution in [2.24, 2.45) is 0 Å². The summed E-state index contributed by atoms with van der Waals surface area (Å²) in [6, 6.07) is 9.86. The van der Waals surface area contributed by atoms with Crippen LogP contribution >= 0.6 is 11.3 Å². The maximum atomic E-state index is 11.3. The van der Waals surface area contributed by atoms with Crippen molar-refractivity contribution in [3.63, 3.8) is 0 Å². The molecule has 0 amide bonds. The van der Waals surface area contributed by atoms with Gasteiger partial charge in [-0.1, -0.05) is 29.5 Å². The van der Waals surface area contributed by atoms with E-state index in [1.165, 1.54) is 23.6 Å². The lowest BCUT2D eigenvalue weighted by molar-refractivity contribution is -0.643. The van der Waals surface area contributed by atoms with Gasteiger partial charge in [0.15, 0.2) is 0 Å². The molecule has 0 spiro atoms. The SMILES string of the molecule is Nc1c[n+](C(=O)O)nc2cc(-c3cc(B(O)O)ccc3Oc3nccs3)ccc12. The van der Waals surface area contributed by atoms with Gasteiger partial charge in [-0.15, -0.1) is 0 Å². The second kappa shape index (κ2) is 7.47. The van der Waals surface area contributed by atoms with Crippen LogP contribution in [0.4, 0.5) is 10.5 Å². The van der Waals surface area contributed by atoms with Crippen LogP contribution < -0.4 is 20.6 Å². The standard InChI is InChI=1S/C18H13BN4O5S/c20-14-9-23(18(24)25)22-15-7-10(1-3-12(14)15)13-8-11(19(26)27)2-4-16(13)28-17-21-5-6-29-17/h1-9,26-27H,(H2-,20,22,24,25)/p+1. The number of carboxylic acid groups (broad SMARTS) is 1. The van der Waals surface area contributed by atoms with Crippen molar-refractivity contribution in [3.05, 3.63) is 54.2 Å². The van der Waals surface area contributed by atoms with Gasteiger partial charge in [-0.25, -0.2) is 4.98 Å². The highest BCUT2D eigenvalue weighted by atomic mass is 32.1. The van der Waals surface area contributed by atoms with Crippen molar-refractivity contribution >= 4 is 46.6 Å². The Kier molecular flexibility index (Phi) is 4.85. The van der Waals surface area contributed by atoms with Crippen molar-refractivity contribution in [1.82, 2.24) is 10.1 Å². The van der Waals surface area contributed by atoms with Gasteiger partial charge in [0.25, 0.3) is 5.19 Å². The quantitative estimate of drug-likeness (QED) is 0.291. The van der Waals surface area contributed by atoms with Crippen LogP contribution in [-0.2, 0) is 0 Å². The molecule has 0 aliphatic rings. The highest BCUT2D eigenvalue weighted by Crippen LogP contribution is 2.35. The third-order valence-electron chi connectivity index (χ3n) is 4.20. The zero-order valence-electron chi connectivity index (χ0n) is 14.8. The minimum absolute atomic E-state index is 0.266. The first-order chi connectivity index (χ1) is 13.9. The summed E-state index contributed by atoms with van der Waals surface area (Å²) in [5, 5.41) is 35.2. The number of hydrogen-bond acceptors (Lipinski definition) is 8. The maximum Gasteiger partial charge on any atom is 0.626 e. The lowest BCUT2D eigenvalue weighted by Gasteiger charge is -2.12. The molecule has 0 aliphatic heterocycles. The van der Waals surface area contributed by atoms with Crippen LogP contribution in [0.5, 0.6) is 10.9 Å². The number of anilines is 1. The highest BCUT2D eigenvalue weighted by molar-refractivity contribution is 7.11. The van der Waals surface area contributed by atoms with Crippen LogP contribution in [0.3, 0.4) is 0 Å². The van der Waals surface area contributed by atoms with Gasteiger partial charge < -0.3 is 25.6 Å². The van der Waals surface area contributed by atoms with Crippen LogP contribution in [0.1, 0.15) is 0 Å². The van der Waals surface area contributed by atoms with E-state index in [4.69, 9.17) is 10.5 Å². The number of nitrogen functional groups attached to an aromatic ring is 1. The fraction of sp³-hybridized carbons (Fsp3) is 0. The van der Waals surface area contributed by atoms with Crippen LogP contribution in [-0.4, -0.2) is 38.4 Å². The van der Waals surface area contributed by atoms with Gasteiger partial charge in [-0.3, -0.25) is 0 Å². The number of carbonyl (C=O) groups is 1. The number of nitrogens with two attached hydrogens (primary N) is 1. The summed E-state index contributed by atoms with van der Waals surface area (Å²) in [6.45, 7) is 0. The maximum absolute atomic E-state index is 11.3. The van der Waals surface area contributed by atoms with Gasteiger partial charge in [0.05, 0.1) is 0 Å². The molecule has 0 aliphatic carbocycles. The summed E-state index contributed by atoms with van der Waals surface area (Å²) in [7, 11) is -1.66. The molecule has 0 atom stereocenters. The lowest BCUT2D eigenvalue weighted by Crippen LogP contribution is -2.45. The molecular formula is C18H14BN4O5S+. The fourth-order valence-corrected chi connectivity index (χ4v) is 3.35. The van der Waals surface area contributed by atoms with E-state index >= 15 is 0 Å². The van der Waals surface area contributed by atoms with E-state index in [-0.39, 0.29) is 11.2 Å². The second-order valence-electron chi connectivity index (χ2n) is 6.07. The molecule has 0 unspecified atom stereocenters. The molecule has 2 aromatic heterocycles. The first-order valence-electron chi connectivity index (χ1n) is 8.35. The molecule has 0 radical (unpaired) electrons. The van der Waals surface area contributed by atoms with Gasteiger partial charge in [-0.05, 0) is 29.2 Å². The molecule has 2 aromatic carbocycles. The average Bonchev–Trinajstić information content (AvgIpc) is 3.20. The molecule has 11 heteroatoms. The number of rotatable bonds is 4. The van der Waals surface area contributed by atoms with E-state index in [2.05, 4.69) is 10.1 Å². The van der Waals surface area contributed by atoms with E-state index in [9.17, 15) is 19.9 Å². The molecule has 2 heterocycles. The number of benzene rings is 2. The summed E-state index contributed by atoms with van der Waals surface area (Å²) in [5.74, 6) is 0.443. The van der Waals surface area contributed by atoms with Crippen molar-refractivity contribution in [1.29, 1.82) is 0 Å². The van der Waals surface area contributed by atoms with E-state index in [0.717, 1.165) is 4.68 Å². The van der Waals surface area contributed by atoms with Crippen LogP contribution in [0.15, 0.2) is 54.2 Å². The van der Waals surface area contributed by atoms with Gasteiger partial charge in [0.1, 0.15) is 17.0 Å². The molecule has 0 fully saturated rings. The Morgan fingerprint density at radius 2 is 2.03 bits per heavy atom. The number of hydrogen-bond donors (Lipinski definition) is 4. The summed E-state index contributed by atoms with van der Waals surface area (Å²) in [6.07, 6.45) is 1.57. The fourth-order valence-electron chi connectivity index (χ4n) is 2.85. The molecular weight excluding hydrogens is 395 g/mol. The largest absolute Gasteiger partial charge is 0.626 e. The minimum atomic E-state index is -1.66. The molecule has 5 N–H and O–H groups in total. The third kappa shape index (κ3) is 3.74. The second-order valence-corrected chi connectivity index (χ2v) is 6.93. The number of thiazole rings is 1. The number of aromatic nitrogens is 3. The van der Waals surface area contributed by atoms with Gasteiger partial charge in [0.2, 0.25) is 6.20 Å². The molecule has 0 saturated carbocycles. The van der Waals surface area contributed by atoms with Crippen LogP contribution in [0.2, 0.25) is 0 Å². The molecule has 0 bridgehead atoms. The van der Waals surface area contributed by atoms with Crippen molar-refractivity contribution < 1.29 is 29.4 Å². The Morgan fingerprint density at radius 3 is 2.72 bits per heavy atom. The van der Waals surface area contributed by atoms with Crippen LogP contribution in [0, 0.1) is 0 Å². The number of fused-ring (bicyclic) bond motifs is 1. The predicted molar refractivity (Wildman–Crippen MR) is 107 cm³/mol. The monoisotopic (exact) mass is 409 g/mol. The summed E-state index contributed by atoms with van der Waals surface area (Å²) >= 11 is 1.31. The Bertz CT molecular complexity index is 1220. The highest BCUT2D eigenvalue weighted by Gasteiger charge is 2.20. The third-order valence-corrected chi connectivity index (χ3v) is 4.85. The number of nitrogens with zero attached hydrogens (tertiary/aromatic N) is 3. The zero-order chi connectivity index (χ0) is 20.5. The Labute approximate surface area is 168 Å². The zero-order valence-corrected chi connectivity index (χ0v) is 15.6. The minimum Gasteiger partial charge on any atom is -0.430 e. The molecule has 144 valence electrons. The predicted octanol–water partition coefficient (Wildman–Crippen LogP) is 1.23. The van der Waals surface area contributed by atoms with E-state index in [1.54, 1.807) is 41.9 Å². The summed E-state index contributed by atoms with van der Waals surface area (Å²) in [5.41, 5.74) is 8.03. The van der Waals surface area contributed by atoms with Crippen molar-refractivity contribution in [2.45, 2.75) is 0 Å². The van der Waals surface area contributed by atoms with Gasteiger partial charge >= 0.3 is 13.2 Å². The van der Waals surface area contributed by atoms with Crippen LogP contribution in [0.25, 0.3) is 22.0 Å². The van der Waals surface area contributed by atoms with E-state index in [1.807, 2.05) is 0 Å². The Morgan fingerprint density at radius 1 is 1.21 bits per heavy atom. The molecule has 4 aromatic rings. The van der Waals surface area contributed by atoms with Gasteiger partial charge in [-0.2, -0.15) is 4.79 Å². The van der Waals surface area contributed by atoms with E-state index < -0.39 is 13.2 Å². The molecule has 4 rings (SSSR count). The Balaban J connectivity index is 1.88. The smallest absolute Gasteiger partial charge is 0.430 e. The first-order valence-corrected chi connectivity index (χ1v) is 9.23. The summed E-state index contributed by atoms with van der Waals surface area (Å²) < 4.78 is 6.57. The average molecular weight is 409 g/mol. The molecule has 29 heavy (non-hydrogen) atoms. The van der Waals surface area contributed by atoms with Gasteiger partial charge in [0, 0.05) is 32.3 Å². The normalized spacial score (nSPS) is 10.8. The van der Waals surface area contributed by atoms with Crippen molar-refractivity contribution in [2.75, 3.05) is 5.73 Å². The van der Waals surface area contributed by atoms with E-state index in [0.29, 0.717) is 33.0 Å². The first kappa shape index (κ1) is 18.8.